The molecule has 4 aromatic rings. The van der Waals surface area contributed by atoms with Crippen LogP contribution >= 0.6 is 0 Å². The number of morpholine rings is 1. The van der Waals surface area contributed by atoms with Gasteiger partial charge in [0, 0.05) is 43.0 Å². The van der Waals surface area contributed by atoms with Crippen LogP contribution in [0.4, 0.5) is 0 Å². The average Bonchev–Trinajstić information content (AvgIpc) is 2.85. The van der Waals surface area contributed by atoms with E-state index in [2.05, 4.69) is 52.3 Å². The predicted molar refractivity (Wildman–Crippen MR) is 122 cm³/mol. The van der Waals surface area contributed by atoms with Gasteiger partial charge in [0.05, 0.1) is 24.9 Å². The molecule has 0 saturated carbocycles. The zero-order valence-corrected chi connectivity index (χ0v) is 17.6. The van der Waals surface area contributed by atoms with Gasteiger partial charge < -0.3 is 9.47 Å². The minimum Gasteiger partial charge on any atom is -0.497 e. The summed E-state index contributed by atoms with van der Waals surface area (Å²) < 4.78 is 11.4. The SMILES string of the molecule is COc1cccc(-c2ccc([C@@H]3CN(Cc4cccc5ncccc45)CCO3)nc2)c1. The highest BCUT2D eigenvalue weighted by Crippen LogP contribution is 2.27. The summed E-state index contributed by atoms with van der Waals surface area (Å²) in [6, 6.07) is 22.7. The Balaban J connectivity index is 1.31. The van der Waals surface area contributed by atoms with E-state index in [1.807, 2.05) is 36.7 Å². The summed E-state index contributed by atoms with van der Waals surface area (Å²) in [5.41, 5.74) is 5.47. The molecule has 5 rings (SSSR count). The molecule has 0 radical (unpaired) electrons. The van der Waals surface area contributed by atoms with Crippen LogP contribution in [0.25, 0.3) is 22.0 Å². The molecule has 0 unspecified atom stereocenters. The van der Waals surface area contributed by atoms with E-state index in [0.29, 0.717) is 6.61 Å². The Bertz CT molecular complexity index is 1170. The van der Waals surface area contributed by atoms with E-state index in [0.717, 1.165) is 47.7 Å². The molecule has 0 amide bonds. The predicted octanol–water partition coefficient (Wildman–Crippen LogP) is 4.88. The Morgan fingerprint density at radius 1 is 1.00 bits per heavy atom. The second-order valence-corrected chi connectivity index (χ2v) is 7.79. The summed E-state index contributed by atoms with van der Waals surface area (Å²) >= 11 is 0. The quantitative estimate of drug-likeness (QED) is 0.468. The number of fused-ring (bicyclic) bond motifs is 1. The first-order valence-electron chi connectivity index (χ1n) is 10.6. The first kappa shape index (κ1) is 19.7. The number of aromatic nitrogens is 2. The summed E-state index contributed by atoms with van der Waals surface area (Å²) in [6.07, 6.45) is 3.74. The minimum atomic E-state index is -0.0267. The van der Waals surface area contributed by atoms with Crippen molar-refractivity contribution in [1.82, 2.24) is 14.9 Å². The fraction of sp³-hybridized carbons (Fsp3) is 0.231. The maximum atomic E-state index is 6.07. The summed E-state index contributed by atoms with van der Waals surface area (Å²) in [5, 5.41) is 1.22. The second kappa shape index (κ2) is 8.84. The van der Waals surface area contributed by atoms with Crippen LogP contribution in [0.5, 0.6) is 5.75 Å². The normalized spacial score (nSPS) is 17.0. The van der Waals surface area contributed by atoms with Gasteiger partial charge in [0.25, 0.3) is 0 Å². The summed E-state index contributed by atoms with van der Waals surface area (Å²) in [5.74, 6) is 0.844. The number of methoxy groups -OCH3 is 1. The Labute approximate surface area is 182 Å². The molecule has 0 spiro atoms. The smallest absolute Gasteiger partial charge is 0.119 e. The highest BCUT2D eigenvalue weighted by Gasteiger charge is 2.23. The molecule has 31 heavy (non-hydrogen) atoms. The summed E-state index contributed by atoms with van der Waals surface area (Å²) in [6.45, 7) is 3.31. The second-order valence-electron chi connectivity index (χ2n) is 7.79. The van der Waals surface area contributed by atoms with E-state index in [4.69, 9.17) is 14.5 Å². The largest absolute Gasteiger partial charge is 0.497 e. The maximum absolute atomic E-state index is 6.07. The Hall–Kier alpha value is -3.28. The van der Waals surface area contributed by atoms with Gasteiger partial charge in [-0.3, -0.25) is 14.9 Å². The first-order valence-corrected chi connectivity index (χ1v) is 10.6. The van der Waals surface area contributed by atoms with Gasteiger partial charge in [0.15, 0.2) is 0 Å². The summed E-state index contributed by atoms with van der Waals surface area (Å²) in [7, 11) is 1.68. The molecule has 5 heteroatoms. The molecule has 2 aromatic heterocycles. The molecule has 1 aliphatic rings. The lowest BCUT2D eigenvalue weighted by Crippen LogP contribution is -2.38. The molecule has 156 valence electrons. The van der Waals surface area contributed by atoms with E-state index < -0.39 is 0 Å². The van der Waals surface area contributed by atoms with Gasteiger partial charge in [0.2, 0.25) is 0 Å². The van der Waals surface area contributed by atoms with Gasteiger partial charge in [-0.25, -0.2) is 0 Å². The number of nitrogens with zero attached hydrogens (tertiary/aromatic N) is 3. The molecular formula is C26H25N3O2. The van der Waals surface area contributed by atoms with Crippen molar-refractivity contribution in [3.05, 3.63) is 90.4 Å². The lowest BCUT2D eigenvalue weighted by atomic mass is 10.1. The van der Waals surface area contributed by atoms with Crippen LogP contribution in [0.1, 0.15) is 17.4 Å². The van der Waals surface area contributed by atoms with Crippen molar-refractivity contribution >= 4 is 10.9 Å². The molecule has 2 aromatic carbocycles. The van der Waals surface area contributed by atoms with E-state index in [1.165, 1.54) is 10.9 Å². The molecule has 0 bridgehead atoms. The number of hydrogen-bond donors (Lipinski definition) is 0. The molecule has 1 aliphatic heterocycles. The van der Waals surface area contributed by atoms with E-state index in [9.17, 15) is 0 Å². The number of pyridine rings is 2. The molecule has 1 saturated heterocycles. The van der Waals surface area contributed by atoms with Crippen LogP contribution in [0, 0.1) is 0 Å². The van der Waals surface area contributed by atoms with Crippen molar-refractivity contribution in [2.45, 2.75) is 12.6 Å². The standard InChI is InChI=1S/C26H25N3O2/c1-30-22-7-2-5-19(15-22)20-10-11-25(28-16-20)26-18-29(13-14-31-26)17-21-6-3-9-24-23(21)8-4-12-27-24/h2-12,15-16,26H,13-14,17-18H2,1H3/t26-/m0/s1. The Morgan fingerprint density at radius 3 is 2.81 bits per heavy atom. The van der Waals surface area contributed by atoms with Crippen molar-refractivity contribution in [1.29, 1.82) is 0 Å². The van der Waals surface area contributed by atoms with E-state index in [-0.39, 0.29) is 6.10 Å². The molecule has 5 nitrogen and oxygen atoms in total. The third-order valence-electron chi connectivity index (χ3n) is 5.80. The fourth-order valence-electron chi connectivity index (χ4n) is 4.14. The Kier molecular flexibility index (Phi) is 5.61. The van der Waals surface area contributed by atoms with Crippen LogP contribution in [0.15, 0.2) is 79.1 Å². The number of ether oxygens (including phenoxy) is 2. The molecule has 3 heterocycles. The van der Waals surface area contributed by atoms with Crippen LogP contribution in [0.3, 0.4) is 0 Å². The van der Waals surface area contributed by atoms with Crippen molar-refractivity contribution in [2.75, 3.05) is 26.8 Å². The highest BCUT2D eigenvalue weighted by atomic mass is 16.5. The Morgan fingerprint density at radius 2 is 1.94 bits per heavy atom. The first-order chi connectivity index (χ1) is 15.3. The molecular weight excluding hydrogens is 386 g/mol. The molecule has 1 fully saturated rings. The minimum absolute atomic E-state index is 0.0267. The van der Waals surface area contributed by atoms with Crippen LogP contribution < -0.4 is 4.74 Å². The molecule has 1 atom stereocenters. The zero-order valence-electron chi connectivity index (χ0n) is 17.6. The number of rotatable bonds is 5. The lowest BCUT2D eigenvalue weighted by Gasteiger charge is -2.33. The maximum Gasteiger partial charge on any atom is 0.119 e. The van der Waals surface area contributed by atoms with Crippen LogP contribution in [0.2, 0.25) is 0 Å². The van der Waals surface area contributed by atoms with Gasteiger partial charge >= 0.3 is 0 Å². The number of hydrogen-bond acceptors (Lipinski definition) is 5. The third-order valence-corrected chi connectivity index (χ3v) is 5.80. The number of benzene rings is 2. The van der Waals surface area contributed by atoms with Crippen LogP contribution in [-0.4, -0.2) is 41.7 Å². The fourth-order valence-corrected chi connectivity index (χ4v) is 4.14. The van der Waals surface area contributed by atoms with Crippen molar-refractivity contribution in [3.8, 4) is 16.9 Å². The average molecular weight is 412 g/mol. The highest BCUT2D eigenvalue weighted by molar-refractivity contribution is 5.81. The van der Waals surface area contributed by atoms with Crippen molar-refractivity contribution in [2.24, 2.45) is 0 Å². The van der Waals surface area contributed by atoms with Gasteiger partial charge in [-0.2, -0.15) is 0 Å². The summed E-state index contributed by atoms with van der Waals surface area (Å²) in [4.78, 5) is 11.6. The van der Waals surface area contributed by atoms with Gasteiger partial charge in [-0.15, -0.1) is 0 Å². The zero-order chi connectivity index (χ0) is 21.0. The van der Waals surface area contributed by atoms with Crippen molar-refractivity contribution < 1.29 is 9.47 Å². The van der Waals surface area contributed by atoms with E-state index >= 15 is 0 Å². The third kappa shape index (κ3) is 4.29. The monoisotopic (exact) mass is 411 g/mol. The van der Waals surface area contributed by atoms with Gasteiger partial charge in [-0.1, -0.05) is 36.4 Å². The van der Waals surface area contributed by atoms with Crippen LogP contribution in [-0.2, 0) is 11.3 Å². The van der Waals surface area contributed by atoms with Gasteiger partial charge in [-0.05, 0) is 41.5 Å². The van der Waals surface area contributed by atoms with Crippen molar-refractivity contribution in [3.63, 3.8) is 0 Å². The molecule has 0 aliphatic carbocycles. The topological polar surface area (TPSA) is 47.5 Å². The van der Waals surface area contributed by atoms with Gasteiger partial charge in [0.1, 0.15) is 11.9 Å². The van der Waals surface area contributed by atoms with E-state index in [1.54, 1.807) is 7.11 Å². The molecule has 0 N–H and O–H groups in total. The lowest BCUT2D eigenvalue weighted by molar-refractivity contribution is -0.0348.